The van der Waals surface area contributed by atoms with Crippen LogP contribution in [0.4, 0.5) is 13.2 Å². The average Bonchev–Trinajstić information content (AvgIpc) is 3.32. The Morgan fingerprint density at radius 2 is 1.65 bits per heavy atom. The maximum Gasteiger partial charge on any atom is 0.417 e. The van der Waals surface area contributed by atoms with Gasteiger partial charge in [-0.3, -0.25) is 0 Å². The lowest BCUT2D eigenvalue weighted by Gasteiger charge is -2.31. The number of alkyl halides is 3. The zero-order valence-electron chi connectivity index (χ0n) is 21.3. The van der Waals surface area contributed by atoms with Gasteiger partial charge in [-0.15, -0.1) is 0 Å². The van der Waals surface area contributed by atoms with Crippen LogP contribution in [-0.2, 0) is 32.8 Å². The number of benzene rings is 1. The molecule has 1 aliphatic carbocycles. The van der Waals surface area contributed by atoms with Crippen LogP contribution in [0.15, 0.2) is 34.1 Å². The summed E-state index contributed by atoms with van der Waals surface area (Å²) >= 11 is 0. The van der Waals surface area contributed by atoms with E-state index in [9.17, 15) is 30.0 Å². The van der Waals surface area contributed by atoms with Gasteiger partial charge in [0.1, 0.15) is 4.90 Å². The monoisotopic (exact) mass is 561 g/mol. The van der Waals surface area contributed by atoms with Gasteiger partial charge in [-0.2, -0.15) is 17.5 Å². The predicted molar refractivity (Wildman–Crippen MR) is 135 cm³/mol. The summed E-state index contributed by atoms with van der Waals surface area (Å²) in [6.07, 6.45) is 1.26. The lowest BCUT2D eigenvalue weighted by atomic mass is 9.89. The summed E-state index contributed by atoms with van der Waals surface area (Å²) in [6.45, 7) is 5.59. The third-order valence-corrected chi connectivity index (χ3v) is 11.0. The lowest BCUT2D eigenvalue weighted by molar-refractivity contribution is -0.139. The second-order valence-corrected chi connectivity index (χ2v) is 14.2. The fraction of sp³-hybridized carbons (Fsp3) is 0.600. The summed E-state index contributed by atoms with van der Waals surface area (Å²) in [5.74, 6) is 0.256. The Labute approximate surface area is 216 Å². The highest BCUT2D eigenvalue weighted by Gasteiger charge is 2.45. The molecule has 1 saturated heterocycles. The first-order valence-corrected chi connectivity index (χ1v) is 15.5. The third-order valence-electron chi connectivity index (χ3n) is 7.77. The summed E-state index contributed by atoms with van der Waals surface area (Å²) in [6, 6.07) is 4.42. The Morgan fingerprint density at radius 1 is 1.00 bits per heavy atom. The predicted octanol–water partition coefficient (Wildman–Crippen LogP) is 5.27. The van der Waals surface area contributed by atoms with Crippen molar-refractivity contribution in [3.05, 3.63) is 35.5 Å². The van der Waals surface area contributed by atoms with Gasteiger partial charge >= 0.3 is 6.18 Å². The van der Waals surface area contributed by atoms with Crippen molar-refractivity contribution in [2.24, 2.45) is 11.1 Å². The van der Waals surface area contributed by atoms with Gasteiger partial charge in [0.15, 0.2) is 0 Å². The summed E-state index contributed by atoms with van der Waals surface area (Å²) in [7, 11) is -8.55. The van der Waals surface area contributed by atoms with Crippen molar-refractivity contribution >= 4 is 20.0 Å². The van der Waals surface area contributed by atoms with E-state index < -0.39 is 42.2 Å². The molecule has 2 aromatic rings. The molecule has 1 aromatic carbocycles. The maximum atomic E-state index is 14.3. The Bertz CT molecular complexity index is 1390. The second-order valence-electron chi connectivity index (χ2n) is 10.8. The first kappa shape index (κ1) is 28.1. The molecule has 37 heavy (non-hydrogen) atoms. The van der Waals surface area contributed by atoms with E-state index in [-0.39, 0.29) is 28.6 Å². The van der Waals surface area contributed by atoms with Gasteiger partial charge in [-0.05, 0) is 76.1 Å². The molecule has 1 aliphatic heterocycles. The van der Waals surface area contributed by atoms with Gasteiger partial charge in [0.2, 0.25) is 20.0 Å². The molecule has 1 aromatic heterocycles. The fourth-order valence-electron chi connectivity index (χ4n) is 5.79. The molecule has 7 nitrogen and oxygen atoms in total. The van der Waals surface area contributed by atoms with Crippen LogP contribution in [0, 0.1) is 12.8 Å². The Morgan fingerprint density at radius 3 is 2.19 bits per heavy atom. The normalized spacial score (nSPS) is 20.0. The fourth-order valence-corrected chi connectivity index (χ4v) is 8.63. The first-order chi connectivity index (χ1) is 17.0. The molecule has 2 heterocycles. The molecule has 0 atom stereocenters. The zero-order chi connectivity index (χ0) is 27.4. The Hall–Kier alpha value is -1.89. The highest BCUT2D eigenvalue weighted by molar-refractivity contribution is 7.89. The smallest absolute Gasteiger partial charge is 0.343 e. The molecule has 2 fully saturated rings. The van der Waals surface area contributed by atoms with Gasteiger partial charge in [-0.1, -0.05) is 25.3 Å². The van der Waals surface area contributed by atoms with Crippen LogP contribution in [0.1, 0.15) is 70.1 Å². The minimum atomic E-state index is -4.94. The van der Waals surface area contributed by atoms with Crippen LogP contribution in [0.5, 0.6) is 0 Å². The van der Waals surface area contributed by atoms with Gasteiger partial charge in [-0.25, -0.2) is 22.0 Å². The molecular weight excluding hydrogens is 527 g/mol. The SMILES string of the molecule is Cc1c(S(N)(=O)=O)cc(-c2ccc(S(=O)(=O)N3CCCC3(C)C)c(C(F)(F)F)c2)n1CC1CCCCC1. The van der Waals surface area contributed by atoms with Gasteiger partial charge in [0.05, 0.1) is 10.5 Å². The molecule has 12 heteroatoms. The van der Waals surface area contributed by atoms with E-state index >= 15 is 0 Å². The van der Waals surface area contributed by atoms with Crippen LogP contribution < -0.4 is 5.14 Å². The van der Waals surface area contributed by atoms with Crippen LogP contribution in [0.2, 0.25) is 0 Å². The van der Waals surface area contributed by atoms with E-state index in [4.69, 9.17) is 5.14 Å². The van der Waals surface area contributed by atoms with Crippen LogP contribution in [0.25, 0.3) is 11.3 Å². The van der Waals surface area contributed by atoms with Crippen molar-refractivity contribution in [1.29, 1.82) is 0 Å². The number of aromatic nitrogens is 1. The lowest BCUT2D eigenvalue weighted by Crippen LogP contribution is -2.43. The first-order valence-electron chi connectivity index (χ1n) is 12.5. The zero-order valence-corrected chi connectivity index (χ0v) is 22.9. The van der Waals surface area contributed by atoms with Gasteiger partial charge < -0.3 is 4.57 Å². The summed E-state index contributed by atoms with van der Waals surface area (Å²) in [5, 5.41) is 5.42. The van der Waals surface area contributed by atoms with E-state index in [0.29, 0.717) is 25.1 Å². The highest BCUT2D eigenvalue weighted by Crippen LogP contribution is 2.42. The molecular formula is C25H34F3N3O4S2. The van der Waals surface area contributed by atoms with E-state index in [0.717, 1.165) is 48.5 Å². The number of nitrogens with two attached hydrogens (primary N) is 1. The summed E-state index contributed by atoms with van der Waals surface area (Å²) < 4.78 is 97.1. The summed E-state index contributed by atoms with van der Waals surface area (Å²) in [4.78, 5) is -0.949. The van der Waals surface area contributed by atoms with Gasteiger partial charge in [0.25, 0.3) is 0 Å². The van der Waals surface area contributed by atoms with E-state index in [1.165, 1.54) is 12.1 Å². The average molecular weight is 562 g/mol. The van der Waals surface area contributed by atoms with Crippen molar-refractivity contribution < 1.29 is 30.0 Å². The Kier molecular flexibility index (Phi) is 7.37. The minimum absolute atomic E-state index is 0.0840. The standard InChI is InChI=1S/C25H34F3N3O4S2/c1-17-23(36(29,32)33)15-21(30(17)16-18-8-5-4-6-9-18)19-10-11-22(20(14-19)25(26,27)28)37(34,35)31-13-7-12-24(31,2)3/h10-11,14-15,18H,4-9,12-13,16H2,1-3H3,(H2,29,32,33). The molecule has 2 N–H and O–H groups in total. The van der Waals surface area contributed by atoms with E-state index in [2.05, 4.69) is 0 Å². The van der Waals surface area contributed by atoms with E-state index in [1.807, 2.05) is 0 Å². The number of hydrogen-bond acceptors (Lipinski definition) is 4. The number of nitrogens with zero attached hydrogens (tertiary/aromatic N) is 2. The van der Waals surface area contributed by atoms with Crippen molar-refractivity contribution in [2.45, 2.75) is 93.8 Å². The topological polar surface area (TPSA) is 102 Å². The molecule has 0 amide bonds. The van der Waals surface area contributed by atoms with Crippen molar-refractivity contribution in [3.63, 3.8) is 0 Å². The maximum absolute atomic E-state index is 14.3. The van der Waals surface area contributed by atoms with Crippen molar-refractivity contribution in [1.82, 2.24) is 8.87 Å². The molecule has 4 rings (SSSR count). The van der Waals surface area contributed by atoms with E-state index in [1.54, 1.807) is 25.3 Å². The van der Waals surface area contributed by atoms with Crippen LogP contribution >= 0.6 is 0 Å². The number of rotatable bonds is 6. The minimum Gasteiger partial charge on any atom is -0.343 e. The number of sulfonamides is 2. The molecule has 2 aliphatic rings. The van der Waals surface area contributed by atoms with Gasteiger partial charge in [0, 0.05) is 30.0 Å². The second kappa shape index (κ2) is 9.69. The molecule has 206 valence electrons. The third kappa shape index (κ3) is 5.48. The Balaban J connectivity index is 1.87. The summed E-state index contributed by atoms with van der Waals surface area (Å²) in [5.41, 5.74) is -1.36. The highest BCUT2D eigenvalue weighted by atomic mass is 32.2. The molecule has 0 bridgehead atoms. The van der Waals surface area contributed by atoms with Crippen LogP contribution in [0.3, 0.4) is 0 Å². The van der Waals surface area contributed by atoms with Crippen LogP contribution in [-0.4, -0.2) is 37.8 Å². The number of primary sulfonamides is 1. The largest absolute Gasteiger partial charge is 0.417 e. The molecule has 0 unspecified atom stereocenters. The molecule has 1 saturated carbocycles. The molecule has 0 spiro atoms. The van der Waals surface area contributed by atoms with Crippen molar-refractivity contribution in [2.75, 3.05) is 6.54 Å². The number of hydrogen-bond donors (Lipinski definition) is 1. The number of halogens is 3. The van der Waals surface area contributed by atoms with Crippen molar-refractivity contribution in [3.8, 4) is 11.3 Å². The quantitative estimate of drug-likeness (QED) is 0.519. The molecule has 0 radical (unpaired) electrons.